The van der Waals surface area contributed by atoms with Gasteiger partial charge in [-0.1, -0.05) is 23.7 Å². The number of hydrogen-bond acceptors (Lipinski definition) is 6. The van der Waals surface area contributed by atoms with Crippen molar-refractivity contribution >= 4 is 40.2 Å². The van der Waals surface area contributed by atoms with Crippen molar-refractivity contribution in [3.63, 3.8) is 0 Å². The highest BCUT2D eigenvalue weighted by Crippen LogP contribution is 2.22. The molecule has 4 aromatic rings. The van der Waals surface area contributed by atoms with Crippen LogP contribution in [0.15, 0.2) is 55.0 Å². The molecule has 0 aliphatic heterocycles. The zero-order chi connectivity index (χ0) is 21.8. The van der Waals surface area contributed by atoms with Crippen molar-refractivity contribution in [2.75, 3.05) is 10.6 Å². The predicted molar refractivity (Wildman–Crippen MR) is 121 cm³/mol. The van der Waals surface area contributed by atoms with Crippen LogP contribution in [0.2, 0.25) is 5.02 Å². The molecule has 0 unspecified atom stereocenters. The summed E-state index contributed by atoms with van der Waals surface area (Å²) in [4.78, 5) is 25.5. The summed E-state index contributed by atoms with van der Waals surface area (Å²) in [6.07, 6.45) is 5.28. The summed E-state index contributed by atoms with van der Waals surface area (Å²) in [7, 11) is 0. The number of carbonyl (C=O) groups is 1. The van der Waals surface area contributed by atoms with Gasteiger partial charge < -0.3 is 10.6 Å². The molecule has 0 aliphatic rings. The topological polar surface area (TPSA) is 97.6 Å². The number of aryl methyl sites for hydroxylation is 1. The third-order valence-electron chi connectivity index (χ3n) is 4.76. The number of nitrogens with zero attached hydrogens (tertiary/aromatic N) is 5. The Morgan fingerprint density at radius 3 is 2.84 bits per heavy atom. The molecule has 0 aliphatic carbocycles. The molecule has 3 aromatic heterocycles. The average Bonchev–Trinajstić information content (AvgIpc) is 3.18. The molecule has 1 aromatic carbocycles. The van der Waals surface area contributed by atoms with Crippen LogP contribution in [0.4, 0.5) is 11.5 Å². The largest absolute Gasteiger partial charge is 0.362 e. The van der Waals surface area contributed by atoms with Gasteiger partial charge in [0, 0.05) is 24.1 Å². The van der Waals surface area contributed by atoms with Crippen molar-refractivity contribution in [2.45, 2.75) is 32.9 Å². The SMILES string of the molecule is CCn1cc2ncc(N[C@@H](C)c3cccc(NC(=O)Cc4ccc(Cl)cn4)c3)nc2n1. The van der Waals surface area contributed by atoms with E-state index < -0.39 is 0 Å². The molecule has 0 saturated carbocycles. The van der Waals surface area contributed by atoms with Crippen LogP contribution in [0.3, 0.4) is 0 Å². The van der Waals surface area contributed by atoms with Gasteiger partial charge >= 0.3 is 0 Å². The number of hydrogen-bond donors (Lipinski definition) is 2. The summed E-state index contributed by atoms with van der Waals surface area (Å²) < 4.78 is 1.81. The Morgan fingerprint density at radius 1 is 1.19 bits per heavy atom. The molecule has 0 fully saturated rings. The van der Waals surface area contributed by atoms with Crippen LogP contribution in [0.5, 0.6) is 0 Å². The standard InChI is InChI=1S/C22H22ClN7O/c1-3-30-13-19-22(29-30)28-20(12-25-19)26-14(2)15-5-4-6-18(9-15)27-21(31)10-17-8-7-16(23)11-24-17/h4-9,11-14H,3,10H2,1-2H3,(H,27,31)(H,26,28,29)/t14-/m0/s1. The van der Waals surface area contributed by atoms with Crippen molar-refractivity contribution in [3.8, 4) is 0 Å². The summed E-state index contributed by atoms with van der Waals surface area (Å²) in [6.45, 7) is 4.81. The van der Waals surface area contributed by atoms with E-state index in [4.69, 9.17) is 11.6 Å². The fourth-order valence-electron chi connectivity index (χ4n) is 3.15. The molecule has 1 amide bonds. The Morgan fingerprint density at radius 2 is 2.06 bits per heavy atom. The van der Waals surface area contributed by atoms with E-state index in [1.807, 2.05) is 49.0 Å². The van der Waals surface area contributed by atoms with Gasteiger partial charge in [0.2, 0.25) is 11.6 Å². The molecule has 3 heterocycles. The number of fused-ring (bicyclic) bond motifs is 1. The van der Waals surface area contributed by atoms with Crippen molar-refractivity contribution in [3.05, 3.63) is 71.3 Å². The number of pyridine rings is 1. The molecular formula is C22H22ClN7O. The van der Waals surface area contributed by atoms with E-state index in [-0.39, 0.29) is 18.4 Å². The van der Waals surface area contributed by atoms with Crippen LogP contribution in [-0.4, -0.2) is 30.6 Å². The molecule has 1 atom stereocenters. The Labute approximate surface area is 184 Å². The molecule has 2 N–H and O–H groups in total. The molecule has 4 rings (SSSR count). The van der Waals surface area contributed by atoms with Gasteiger partial charge in [0.1, 0.15) is 11.3 Å². The second-order valence-electron chi connectivity index (χ2n) is 7.13. The van der Waals surface area contributed by atoms with Crippen molar-refractivity contribution in [1.82, 2.24) is 24.7 Å². The van der Waals surface area contributed by atoms with E-state index in [0.717, 1.165) is 17.6 Å². The van der Waals surface area contributed by atoms with E-state index in [0.29, 0.717) is 27.9 Å². The molecule has 0 radical (unpaired) electrons. The average molecular weight is 436 g/mol. The zero-order valence-electron chi connectivity index (χ0n) is 17.2. The second kappa shape index (κ2) is 9.09. The number of rotatable bonds is 7. The molecule has 0 spiro atoms. The molecule has 8 nitrogen and oxygen atoms in total. The number of carbonyl (C=O) groups excluding carboxylic acids is 1. The first kappa shape index (κ1) is 20.7. The third-order valence-corrected chi connectivity index (χ3v) is 4.99. The molecule has 0 saturated heterocycles. The lowest BCUT2D eigenvalue weighted by Crippen LogP contribution is -2.15. The Kier molecular flexibility index (Phi) is 6.08. The van der Waals surface area contributed by atoms with E-state index >= 15 is 0 Å². The molecule has 0 bridgehead atoms. The smallest absolute Gasteiger partial charge is 0.230 e. The zero-order valence-corrected chi connectivity index (χ0v) is 18.0. The summed E-state index contributed by atoms with van der Waals surface area (Å²) in [6, 6.07) is 11.1. The molecule has 9 heteroatoms. The molecular weight excluding hydrogens is 414 g/mol. The molecule has 31 heavy (non-hydrogen) atoms. The second-order valence-corrected chi connectivity index (χ2v) is 7.57. The first-order valence-electron chi connectivity index (χ1n) is 9.97. The minimum Gasteiger partial charge on any atom is -0.362 e. The van der Waals surface area contributed by atoms with Crippen LogP contribution < -0.4 is 10.6 Å². The number of nitrogens with one attached hydrogen (secondary N) is 2. The maximum atomic E-state index is 12.4. The van der Waals surface area contributed by atoms with Gasteiger partial charge in [-0.15, -0.1) is 0 Å². The van der Waals surface area contributed by atoms with Gasteiger partial charge in [0.25, 0.3) is 0 Å². The number of halogens is 1. The van der Waals surface area contributed by atoms with Crippen LogP contribution >= 0.6 is 11.6 Å². The number of anilines is 2. The summed E-state index contributed by atoms with van der Waals surface area (Å²) >= 11 is 5.84. The highest BCUT2D eigenvalue weighted by molar-refractivity contribution is 6.30. The summed E-state index contributed by atoms with van der Waals surface area (Å²) in [5.41, 5.74) is 3.75. The number of benzene rings is 1. The van der Waals surface area contributed by atoms with Crippen LogP contribution in [0.1, 0.15) is 31.1 Å². The van der Waals surface area contributed by atoms with Gasteiger partial charge in [-0.3, -0.25) is 14.5 Å². The van der Waals surface area contributed by atoms with E-state index in [1.54, 1.807) is 18.3 Å². The summed E-state index contributed by atoms with van der Waals surface area (Å²) in [5.74, 6) is 0.500. The Balaban J connectivity index is 1.42. The van der Waals surface area contributed by atoms with Gasteiger partial charge in [-0.25, -0.2) is 9.97 Å². The van der Waals surface area contributed by atoms with Crippen LogP contribution in [0, 0.1) is 0 Å². The van der Waals surface area contributed by atoms with Crippen molar-refractivity contribution in [1.29, 1.82) is 0 Å². The lowest BCUT2D eigenvalue weighted by Gasteiger charge is -2.16. The lowest BCUT2D eigenvalue weighted by atomic mass is 10.1. The lowest BCUT2D eigenvalue weighted by molar-refractivity contribution is -0.115. The number of amides is 1. The number of aromatic nitrogens is 5. The van der Waals surface area contributed by atoms with E-state index in [1.165, 1.54) is 6.20 Å². The van der Waals surface area contributed by atoms with Crippen molar-refractivity contribution in [2.24, 2.45) is 0 Å². The predicted octanol–water partition coefficient (Wildman–Crippen LogP) is 4.25. The fraction of sp³-hybridized carbons (Fsp3) is 0.227. The Bertz CT molecular complexity index is 1210. The van der Waals surface area contributed by atoms with Crippen LogP contribution in [0.25, 0.3) is 11.2 Å². The van der Waals surface area contributed by atoms with Gasteiger partial charge in [-0.2, -0.15) is 5.10 Å². The van der Waals surface area contributed by atoms with Crippen molar-refractivity contribution < 1.29 is 4.79 Å². The quantitative estimate of drug-likeness (QED) is 0.450. The van der Waals surface area contributed by atoms with Gasteiger partial charge in [0.15, 0.2) is 0 Å². The van der Waals surface area contributed by atoms with E-state index in [2.05, 4.69) is 30.7 Å². The van der Waals surface area contributed by atoms with Crippen LogP contribution in [-0.2, 0) is 17.8 Å². The highest BCUT2D eigenvalue weighted by Gasteiger charge is 2.11. The Hall–Kier alpha value is -3.52. The molecule has 158 valence electrons. The van der Waals surface area contributed by atoms with Gasteiger partial charge in [-0.05, 0) is 43.7 Å². The third kappa shape index (κ3) is 5.16. The van der Waals surface area contributed by atoms with Gasteiger partial charge in [0.05, 0.1) is 29.9 Å². The first-order chi connectivity index (χ1) is 15.0. The monoisotopic (exact) mass is 435 g/mol. The minimum atomic E-state index is -0.143. The maximum absolute atomic E-state index is 12.4. The van der Waals surface area contributed by atoms with E-state index in [9.17, 15) is 4.79 Å². The first-order valence-corrected chi connectivity index (χ1v) is 10.3. The normalized spacial score (nSPS) is 12.0. The minimum absolute atomic E-state index is 0.0465. The summed E-state index contributed by atoms with van der Waals surface area (Å²) in [5, 5.41) is 11.2. The fourth-order valence-corrected chi connectivity index (χ4v) is 3.26. The maximum Gasteiger partial charge on any atom is 0.230 e. The highest BCUT2D eigenvalue weighted by atomic mass is 35.5.